The molecule has 0 saturated heterocycles. The van der Waals surface area contributed by atoms with Crippen molar-refractivity contribution in [2.75, 3.05) is 54.1 Å². The van der Waals surface area contributed by atoms with Gasteiger partial charge in [0.2, 0.25) is 0 Å². The van der Waals surface area contributed by atoms with Crippen molar-refractivity contribution < 1.29 is 37.3 Å². The van der Waals surface area contributed by atoms with Crippen LogP contribution in [0.25, 0.3) is 0 Å². The molecule has 0 aliphatic heterocycles. The summed E-state index contributed by atoms with van der Waals surface area (Å²) in [5.41, 5.74) is 0. The molecule has 8 nitrogen and oxygen atoms in total. The first-order chi connectivity index (χ1) is 25.6. The van der Waals surface area contributed by atoms with E-state index in [4.69, 9.17) is 18.5 Å². The summed E-state index contributed by atoms with van der Waals surface area (Å²) < 4.78 is 34.5. The number of quaternary nitrogens is 1. The van der Waals surface area contributed by atoms with Gasteiger partial charge in [0.05, 0.1) is 34.4 Å². The van der Waals surface area contributed by atoms with Gasteiger partial charge in [-0.25, -0.2) is 0 Å². The fraction of sp³-hybridized carbons (Fsp3) is 0.795. The van der Waals surface area contributed by atoms with Crippen molar-refractivity contribution >= 4 is 13.8 Å². The number of carbonyl (C=O) groups is 1. The molecule has 1 unspecified atom stereocenters. The van der Waals surface area contributed by atoms with Gasteiger partial charge in [-0.3, -0.25) is 9.36 Å². The van der Waals surface area contributed by atoms with Crippen LogP contribution in [0.2, 0.25) is 0 Å². The van der Waals surface area contributed by atoms with Gasteiger partial charge in [0.25, 0.3) is 7.82 Å². The summed E-state index contributed by atoms with van der Waals surface area (Å²) in [6, 6.07) is 0. The third-order valence-electron chi connectivity index (χ3n) is 8.85. The first kappa shape index (κ1) is 51.5. The Morgan fingerprint density at radius 3 is 1.53 bits per heavy atom. The summed E-state index contributed by atoms with van der Waals surface area (Å²) >= 11 is 0. The normalized spacial score (nSPS) is 14.3. The Labute approximate surface area is 327 Å². The van der Waals surface area contributed by atoms with Gasteiger partial charge in [0, 0.05) is 13.0 Å². The van der Waals surface area contributed by atoms with Crippen molar-refractivity contribution in [1.82, 2.24) is 0 Å². The molecule has 0 spiro atoms. The molecule has 2 atom stereocenters. The van der Waals surface area contributed by atoms with E-state index >= 15 is 0 Å². The van der Waals surface area contributed by atoms with Crippen molar-refractivity contribution in [3.63, 3.8) is 0 Å². The minimum atomic E-state index is -4.53. The van der Waals surface area contributed by atoms with Crippen molar-refractivity contribution in [3.8, 4) is 0 Å². The maximum Gasteiger partial charge on any atom is 0.306 e. The fourth-order valence-corrected chi connectivity index (χ4v) is 6.22. The average Bonchev–Trinajstić information content (AvgIpc) is 3.11. The van der Waals surface area contributed by atoms with E-state index in [1.807, 2.05) is 21.1 Å². The highest BCUT2D eigenvalue weighted by atomic mass is 31.2. The quantitative estimate of drug-likeness (QED) is 0.0202. The second kappa shape index (κ2) is 37.4. The molecule has 0 saturated carbocycles. The average molecular weight is 768 g/mol. The van der Waals surface area contributed by atoms with Gasteiger partial charge >= 0.3 is 5.97 Å². The first-order valence-electron chi connectivity index (χ1n) is 21.4. The summed E-state index contributed by atoms with van der Waals surface area (Å²) in [7, 11) is 1.33. The highest BCUT2D eigenvalue weighted by molar-refractivity contribution is 7.45. The van der Waals surface area contributed by atoms with E-state index in [0.717, 1.165) is 77.0 Å². The summed E-state index contributed by atoms with van der Waals surface area (Å²) in [6.07, 6.45) is 44.0. The van der Waals surface area contributed by atoms with Crippen LogP contribution >= 0.6 is 7.82 Å². The van der Waals surface area contributed by atoms with E-state index in [1.165, 1.54) is 70.6 Å². The Kier molecular flexibility index (Phi) is 36.3. The summed E-state index contributed by atoms with van der Waals surface area (Å²) in [5, 5.41) is 0. The van der Waals surface area contributed by atoms with Gasteiger partial charge in [0.1, 0.15) is 19.3 Å². The third kappa shape index (κ3) is 41.5. The predicted molar refractivity (Wildman–Crippen MR) is 222 cm³/mol. The molecule has 9 heteroatoms. The Hall–Kier alpha value is -1.54. The lowest BCUT2D eigenvalue weighted by Crippen LogP contribution is -2.37. The van der Waals surface area contributed by atoms with Crippen LogP contribution in [-0.4, -0.2) is 70.7 Å². The zero-order valence-electron chi connectivity index (χ0n) is 35.0. The van der Waals surface area contributed by atoms with E-state index in [2.05, 4.69) is 62.5 Å². The number of hydrogen-bond donors (Lipinski definition) is 0. The molecule has 0 aromatic heterocycles. The molecule has 0 fully saturated rings. The maximum atomic E-state index is 12.7. The molecule has 0 aliphatic rings. The number of allylic oxidation sites excluding steroid dienone is 8. The summed E-state index contributed by atoms with van der Waals surface area (Å²) in [6.45, 7) is 5.31. The number of carbonyl (C=O) groups excluding carboxylic acids is 1. The molecule has 0 radical (unpaired) electrons. The van der Waals surface area contributed by atoms with Crippen LogP contribution in [0, 0.1) is 0 Å². The Morgan fingerprint density at radius 2 is 1.04 bits per heavy atom. The number of ether oxygens (including phenoxy) is 2. The highest BCUT2D eigenvalue weighted by Gasteiger charge is 2.20. The highest BCUT2D eigenvalue weighted by Crippen LogP contribution is 2.38. The van der Waals surface area contributed by atoms with Crippen LogP contribution in [0.5, 0.6) is 0 Å². The second-order valence-corrected chi connectivity index (χ2v) is 16.8. The van der Waals surface area contributed by atoms with Gasteiger partial charge < -0.3 is 27.9 Å². The van der Waals surface area contributed by atoms with Gasteiger partial charge in [-0.1, -0.05) is 133 Å². The SMILES string of the molecule is CCCCC/C=C\C/C=C\CCCCCCCCOC[C@H](COP(=O)([O-])OCC[N+](C)(C)C)OC(=O)CCCCCCC/C=C\C/C=C\CCCCC. The molecule has 0 aliphatic carbocycles. The number of nitrogens with zero attached hydrogens (tertiary/aromatic N) is 1. The van der Waals surface area contributed by atoms with E-state index in [9.17, 15) is 14.3 Å². The zero-order chi connectivity index (χ0) is 39.1. The molecule has 0 rings (SSSR count). The van der Waals surface area contributed by atoms with E-state index in [-0.39, 0.29) is 25.8 Å². The van der Waals surface area contributed by atoms with Crippen LogP contribution in [0.15, 0.2) is 48.6 Å². The number of rotatable bonds is 39. The minimum Gasteiger partial charge on any atom is -0.756 e. The monoisotopic (exact) mass is 768 g/mol. The molecule has 0 amide bonds. The van der Waals surface area contributed by atoms with Crippen molar-refractivity contribution in [2.24, 2.45) is 0 Å². The molecule has 0 N–H and O–H groups in total. The summed E-state index contributed by atoms with van der Waals surface area (Å²) in [5.74, 6) is -0.353. The van der Waals surface area contributed by atoms with E-state index in [0.29, 0.717) is 24.1 Å². The van der Waals surface area contributed by atoms with E-state index in [1.54, 1.807) is 0 Å². The Morgan fingerprint density at radius 1 is 0.585 bits per heavy atom. The number of phosphoric acid groups is 1. The molecule has 0 bridgehead atoms. The van der Waals surface area contributed by atoms with Gasteiger partial charge in [-0.15, -0.1) is 0 Å². The number of hydrogen-bond acceptors (Lipinski definition) is 7. The molecular weight excluding hydrogens is 685 g/mol. The van der Waals surface area contributed by atoms with Gasteiger partial charge in [0.15, 0.2) is 0 Å². The van der Waals surface area contributed by atoms with Gasteiger partial charge in [-0.05, 0) is 77.0 Å². The van der Waals surface area contributed by atoms with Crippen molar-refractivity contribution in [3.05, 3.63) is 48.6 Å². The number of unbranched alkanes of at least 4 members (excludes halogenated alkanes) is 17. The lowest BCUT2D eigenvalue weighted by atomic mass is 10.1. The molecule has 0 aromatic carbocycles. The van der Waals surface area contributed by atoms with E-state index < -0.39 is 13.9 Å². The first-order valence-corrected chi connectivity index (χ1v) is 22.8. The third-order valence-corrected chi connectivity index (χ3v) is 9.82. The summed E-state index contributed by atoms with van der Waals surface area (Å²) in [4.78, 5) is 25.0. The number of likely N-dealkylation sites (N-methyl/N-ethyl adjacent to an activating group) is 1. The Bertz CT molecular complexity index is 989. The van der Waals surface area contributed by atoms with Crippen molar-refractivity contribution in [2.45, 2.75) is 174 Å². The topological polar surface area (TPSA) is 94.1 Å². The smallest absolute Gasteiger partial charge is 0.306 e. The molecule has 0 heterocycles. The number of phosphoric ester groups is 1. The van der Waals surface area contributed by atoms with Crippen LogP contribution in [-0.2, 0) is 27.9 Å². The molecular formula is C44H82NO7P. The minimum absolute atomic E-state index is 0.0195. The maximum absolute atomic E-state index is 12.7. The lowest BCUT2D eigenvalue weighted by Gasteiger charge is -2.28. The standard InChI is InChI=1S/C44H82NO7P/c1-6-8-10-12-14-16-18-20-22-24-26-28-30-32-34-36-39-49-41-43(42-51-53(47,48)50-40-38-45(3,4)5)52-44(46)37-35-33-31-29-27-25-23-21-19-17-15-13-11-9-7-2/h14-17,20-23,43H,6-13,18-19,24-42H2,1-5H3/b16-14-,17-15-,22-20-,23-21-/t43-/m1/s1. The van der Waals surface area contributed by atoms with Crippen LogP contribution < -0.4 is 4.89 Å². The second-order valence-electron chi connectivity index (χ2n) is 15.3. The van der Waals surface area contributed by atoms with Gasteiger partial charge in [-0.2, -0.15) is 0 Å². The van der Waals surface area contributed by atoms with Crippen LogP contribution in [0.4, 0.5) is 0 Å². The Balaban J connectivity index is 4.31. The molecule has 310 valence electrons. The van der Waals surface area contributed by atoms with Crippen LogP contribution in [0.1, 0.15) is 168 Å². The zero-order valence-corrected chi connectivity index (χ0v) is 35.8. The van der Waals surface area contributed by atoms with Crippen molar-refractivity contribution in [1.29, 1.82) is 0 Å². The largest absolute Gasteiger partial charge is 0.756 e. The lowest BCUT2D eigenvalue weighted by molar-refractivity contribution is -0.870. The molecule has 53 heavy (non-hydrogen) atoms. The molecule has 0 aromatic rings. The number of esters is 1. The fourth-order valence-electron chi connectivity index (χ4n) is 5.49. The van der Waals surface area contributed by atoms with Crippen LogP contribution in [0.3, 0.4) is 0 Å². The predicted octanol–water partition coefficient (Wildman–Crippen LogP) is 11.7.